The number of carbonyl (C=O) groups excluding carboxylic acids is 2. The summed E-state index contributed by atoms with van der Waals surface area (Å²) in [6.07, 6.45) is 1.43. The molecule has 0 aliphatic heterocycles. The molecular formula is C17H16O4. The van der Waals surface area contributed by atoms with E-state index in [1.165, 1.54) is 0 Å². The Morgan fingerprint density at radius 3 is 1.52 bits per heavy atom. The van der Waals surface area contributed by atoms with Gasteiger partial charge in [0.15, 0.2) is 12.6 Å². The molecule has 4 nitrogen and oxygen atoms in total. The molecule has 2 N–H and O–H groups in total. The fraction of sp³-hybridized carbons (Fsp3) is 0.176. The van der Waals surface area contributed by atoms with Crippen molar-refractivity contribution in [1.29, 1.82) is 0 Å². The van der Waals surface area contributed by atoms with Gasteiger partial charge in [-0.15, -0.1) is 0 Å². The predicted molar refractivity (Wildman–Crippen MR) is 79.3 cm³/mol. The van der Waals surface area contributed by atoms with E-state index in [1.54, 1.807) is 24.3 Å². The van der Waals surface area contributed by atoms with Gasteiger partial charge in [-0.3, -0.25) is 9.59 Å². The van der Waals surface area contributed by atoms with Crippen molar-refractivity contribution >= 4 is 12.6 Å². The maximum absolute atomic E-state index is 10.9. The van der Waals surface area contributed by atoms with Crippen LogP contribution in [0.1, 0.15) is 43.0 Å². The van der Waals surface area contributed by atoms with Crippen molar-refractivity contribution < 1.29 is 19.8 Å². The average molecular weight is 284 g/mol. The fourth-order valence-corrected chi connectivity index (χ4v) is 2.42. The molecule has 0 spiro atoms. The summed E-state index contributed by atoms with van der Waals surface area (Å²) in [6, 6.07) is 6.70. The molecule has 0 aliphatic rings. The first-order valence-electron chi connectivity index (χ1n) is 6.51. The van der Waals surface area contributed by atoms with Gasteiger partial charge in [0, 0.05) is 6.42 Å². The summed E-state index contributed by atoms with van der Waals surface area (Å²) < 4.78 is 0. The summed E-state index contributed by atoms with van der Waals surface area (Å²) >= 11 is 0. The van der Waals surface area contributed by atoms with Crippen molar-refractivity contribution in [1.82, 2.24) is 0 Å². The number of aryl methyl sites for hydroxylation is 2. The van der Waals surface area contributed by atoms with E-state index in [4.69, 9.17) is 0 Å². The van der Waals surface area contributed by atoms with Crippen LogP contribution in [0.3, 0.4) is 0 Å². The van der Waals surface area contributed by atoms with Crippen LogP contribution < -0.4 is 0 Å². The lowest BCUT2D eigenvalue weighted by Crippen LogP contribution is -1.97. The molecule has 0 saturated carbocycles. The number of aromatic hydroxyl groups is 2. The molecule has 0 amide bonds. The van der Waals surface area contributed by atoms with Crippen LogP contribution >= 0.6 is 0 Å². The van der Waals surface area contributed by atoms with Crippen molar-refractivity contribution in [2.45, 2.75) is 20.3 Å². The molecular weight excluding hydrogens is 268 g/mol. The number of rotatable bonds is 4. The number of aldehydes is 2. The van der Waals surface area contributed by atoms with Gasteiger partial charge in [0.25, 0.3) is 0 Å². The maximum atomic E-state index is 10.9. The highest BCUT2D eigenvalue weighted by Gasteiger charge is 2.13. The minimum absolute atomic E-state index is 0.0934. The highest BCUT2D eigenvalue weighted by atomic mass is 16.3. The summed E-state index contributed by atoms with van der Waals surface area (Å²) in [6.45, 7) is 3.64. The highest BCUT2D eigenvalue weighted by Crippen LogP contribution is 2.30. The first-order chi connectivity index (χ1) is 9.96. The van der Waals surface area contributed by atoms with E-state index in [2.05, 4.69) is 0 Å². The fourth-order valence-electron chi connectivity index (χ4n) is 2.42. The minimum atomic E-state index is -0.0934. The van der Waals surface area contributed by atoms with Crippen LogP contribution in [0.15, 0.2) is 24.3 Å². The summed E-state index contributed by atoms with van der Waals surface area (Å²) in [5.41, 5.74) is 3.19. The SMILES string of the molecule is Cc1cc(C=O)c(O)c(Cc2cc(C)cc(C=O)c2O)c1. The Labute approximate surface area is 122 Å². The number of phenols is 2. The second kappa shape index (κ2) is 5.79. The van der Waals surface area contributed by atoms with Crippen LogP contribution in [0, 0.1) is 13.8 Å². The van der Waals surface area contributed by atoms with Gasteiger partial charge < -0.3 is 10.2 Å². The third-order valence-electron chi connectivity index (χ3n) is 3.36. The van der Waals surface area contributed by atoms with Crippen LogP contribution in [0.25, 0.3) is 0 Å². The summed E-state index contributed by atoms with van der Waals surface area (Å²) in [5.74, 6) is -0.187. The molecule has 0 heterocycles. The zero-order chi connectivity index (χ0) is 15.6. The lowest BCUT2D eigenvalue weighted by atomic mass is 9.96. The number of benzene rings is 2. The van der Waals surface area contributed by atoms with Crippen LogP contribution in [0.4, 0.5) is 0 Å². The third kappa shape index (κ3) is 2.94. The van der Waals surface area contributed by atoms with Gasteiger partial charge in [-0.2, -0.15) is 0 Å². The van der Waals surface area contributed by atoms with E-state index >= 15 is 0 Å². The Balaban J connectivity index is 2.53. The van der Waals surface area contributed by atoms with E-state index in [-0.39, 0.29) is 29.0 Å². The maximum Gasteiger partial charge on any atom is 0.153 e. The van der Waals surface area contributed by atoms with Gasteiger partial charge in [-0.1, -0.05) is 12.1 Å². The minimum Gasteiger partial charge on any atom is -0.507 e. The first kappa shape index (κ1) is 14.8. The molecule has 4 heteroatoms. The van der Waals surface area contributed by atoms with E-state index in [1.807, 2.05) is 13.8 Å². The van der Waals surface area contributed by atoms with Crippen LogP contribution in [0.2, 0.25) is 0 Å². The van der Waals surface area contributed by atoms with Crippen molar-refractivity contribution in [2.24, 2.45) is 0 Å². The van der Waals surface area contributed by atoms with Gasteiger partial charge in [0.05, 0.1) is 11.1 Å². The molecule has 2 aromatic rings. The summed E-state index contributed by atoms with van der Waals surface area (Å²) in [4.78, 5) is 21.9. The Hall–Kier alpha value is -2.62. The Morgan fingerprint density at radius 1 is 0.810 bits per heavy atom. The topological polar surface area (TPSA) is 74.6 Å². The molecule has 0 aromatic heterocycles. The molecule has 0 saturated heterocycles. The lowest BCUT2D eigenvalue weighted by Gasteiger charge is -2.11. The van der Waals surface area contributed by atoms with E-state index < -0.39 is 0 Å². The predicted octanol–water partition coefficient (Wildman–Crippen LogP) is 2.93. The molecule has 0 aliphatic carbocycles. The van der Waals surface area contributed by atoms with Crippen molar-refractivity contribution in [3.8, 4) is 11.5 Å². The normalized spacial score (nSPS) is 10.4. The molecule has 0 atom stereocenters. The van der Waals surface area contributed by atoms with Crippen LogP contribution in [0.5, 0.6) is 11.5 Å². The van der Waals surface area contributed by atoms with Crippen molar-refractivity contribution in [3.63, 3.8) is 0 Å². The molecule has 0 fully saturated rings. The smallest absolute Gasteiger partial charge is 0.153 e. The van der Waals surface area contributed by atoms with E-state index in [9.17, 15) is 19.8 Å². The first-order valence-corrected chi connectivity index (χ1v) is 6.51. The Morgan fingerprint density at radius 2 is 1.19 bits per heavy atom. The average Bonchev–Trinajstić information content (AvgIpc) is 2.45. The second-order valence-electron chi connectivity index (χ2n) is 5.14. The van der Waals surface area contributed by atoms with Crippen molar-refractivity contribution in [3.05, 3.63) is 57.6 Å². The Bertz CT molecular complexity index is 656. The second-order valence-corrected chi connectivity index (χ2v) is 5.14. The molecule has 0 radical (unpaired) electrons. The molecule has 0 bridgehead atoms. The zero-order valence-electron chi connectivity index (χ0n) is 11.9. The van der Waals surface area contributed by atoms with Gasteiger partial charge in [0.1, 0.15) is 11.5 Å². The largest absolute Gasteiger partial charge is 0.507 e. The monoisotopic (exact) mass is 284 g/mol. The summed E-state index contributed by atoms with van der Waals surface area (Å²) in [7, 11) is 0. The molecule has 108 valence electrons. The molecule has 21 heavy (non-hydrogen) atoms. The number of phenolic OH excluding ortho intramolecular Hbond substituents is 2. The van der Waals surface area contributed by atoms with Gasteiger partial charge >= 0.3 is 0 Å². The van der Waals surface area contributed by atoms with Gasteiger partial charge in [-0.05, 0) is 48.2 Å². The quantitative estimate of drug-likeness (QED) is 0.846. The summed E-state index contributed by atoms with van der Waals surface area (Å²) in [5, 5.41) is 20.2. The number of hydrogen-bond acceptors (Lipinski definition) is 4. The molecule has 0 unspecified atom stereocenters. The van der Waals surface area contributed by atoms with E-state index in [0.717, 1.165) is 11.1 Å². The van der Waals surface area contributed by atoms with Gasteiger partial charge in [0.2, 0.25) is 0 Å². The zero-order valence-corrected chi connectivity index (χ0v) is 11.9. The van der Waals surface area contributed by atoms with Crippen LogP contribution in [-0.4, -0.2) is 22.8 Å². The standard InChI is InChI=1S/C17H16O4/c1-10-3-12(16(20)14(5-10)8-18)7-13-4-11(2)6-15(9-19)17(13)21/h3-6,8-9,20-21H,7H2,1-2H3. The molecule has 2 aromatic carbocycles. The van der Waals surface area contributed by atoms with Crippen LogP contribution in [-0.2, 0) is 6.42 Å². The molecule has 2 rings (SSSR count). The number of carbonyl (C=O) groups is 2. The van der Waals surface area contributed by atoms with E-state index in [0.29, 0.717) is 23.7 Å². The van der Waals surface area contributed by atoms with Crippen molar-refractivity contribution in [2.75, 3.05) is 0 Å². The highest BCUT2D eigenvalue weighted by molar-refractivity contribution is 5.82. The Kier molecular flexibility index (Phi) is 4.08. The number of hydrogen-bond donors (Lipinski definition) is 2. The van der Waals surface area contributed by atoms with Gasteiger partial charge in [-0.25, -0.2) is 0 Å². The third-order valence-corrected chi connectivity index (χ3v) is 3.36. The lowest BCUT2D eigenvalue weighted by molar-refractivity contribution is 0.111.